The minimum Gasteiger partial charge on any atom is -0.427 e. The van der Waals surface area contributed by atoms with Gasteiger partial charge in [0.15, 0.2) is 5.75 Å². The molecule has 0 radical (unpaired) electrons. The Bertz CT molecular complexity index is 543. The van der Waals surface area contributed by atoms with Gasteiger partial charge in [0, 0.05) is 13.6 Å². The van der Waals surface area contributed by atoms with Gasteiger partial charge in [-0.1, -0.05) is 6.07 Å². The Hall–Kier alpha value is -1.53. The van der Waals surface area contributed by atoms with Crippen LogP contribution in [-0.4, -0.2) is 38.4 Å². The first-order valence-electron chi connectivity index (χ1n) is 7.53. The average molecular weight is 305 g/mol. The molecule has 2 rings (SSSR count). The zero-order valence-electron chi connectivity index (χ0n) is 14.2. The normalized spacial score (nSPS) is 19.1. The average Bonchev–Trinajstić information content (AvgIpc) is 2.67. The second-order valence-corrected chi connectivity index (χ2v) is 6.54. The van der Waals surface area contributed by atoms with Gasteiger partial charge in [0.25, 0.3) is 6.47 Å². The van der Waals surface area contributed by atoms with E-state index in [4.69, 9.17) is 14.0 Å². The smallest absolute Gasteiger partial charge is 0.427 e. The summed E-state index contributed by atoms with van der Waals surface area (Å²) in [4.78, 5) is 12.7. The maximum atomic E-state index is 10.7. The van der Waals surface area contributed by atoms with E-state index in [2.05, 4.69) is 0 Å². The minimum atomic E-state index is -0.431. The molecule has 1 aliphatic rings. The number of hydrogen-bond acceptors (Lipinski definition) is 5. The molecule has 0 N–H and O–H groups in total. The van der Waals surface area contributed by atoms with Crippen LogP contribution < -0.4 is 15.1 Å². The molecule has 0 bridgehead atoms. The topological polar surface area (TPSA) is 48.0 Å². The third-order valence-electron chi connectivity index (χ3n) is 4.57. The second kappa shape index (κ2) is 5.93. The first-order valence-corrected chi connectivity index (χ1v) is 7.53. The first kappa shape index (κ1) is 16.8. The van der Waals surface area contributed by atoms with Gasteiger partial charge in [-0.3, -0.25) is 4.79 Å². The lowest BCUT2D eigenvalue weighted by molar-refractivity contribution is -0.120. The van der Waals surface area contributed by atoms with Gasteiger partial charge in [0.2, 0.25) is 0 Å². The van der Waals surface area contributed by atoms with Gasteiger partial charge in [-0.05, 0) is 52.2 Å². The van der Waals surface area contributed by atoms with Gasteiger partial charge in [-0.15, -0.1) is 0 Å². The Kier molecular flexibility index (Phi) is 4.54. The van der Waals surface area contributed by atoms with Crippen molar-refractivity contribution in [3.8, 4) is 5.75 Å². The highest BCUT2D eigenvalue weighted by Crippen LogP contribution is 2.37. The predicted molar refractivity (Wildman–Crippen MR) is 87.8 cm³/mol. The van der Waals surface area contributed by atoms with Crippen molar-refractivity contribution in [3.63, 3.8) is 0 Å². The lowest BCUT2D eigenvalue weighted by Crippen LogP contribution is -2.41. The molecule has 6 heteroatoms. The minimum absolute atomic E-state index is 0.382. The van der Waals surface area contributed by atoms with Gasteiger partial charge in [-0.2, -0.15) is 0 Å². The highest BCUT2D eigenvalue weighted by Gasteiger charge is 2.51. The van der Waals surface area contributed by atoms with Crippen molar-refractivity contribution < 1.29 is 18.8 Å². The maximum Gasteiger partial charge on any atom is 0.494 e. The van der Waals surface area contributed by atoms with E-state index in [1.54, 1.807) is 6.07 Å². The third kappa shape index (κ3) is 2.98. The van der Waals surface area contributed by atoms with Crippen LogP contribution in [0.2, 0.25) is 0 Å². The Labute approximate surface area is 132 Å². The quantitative estimate of drug-likeness (QED) is 0.615. The van der Waals surface area contributed by atoms with Gasteiger partial charge in [0.05, 0.1) is 16.9 Å². The van der Waals surface area contributed by atoms with E-state index in [1.165, 1.54) is 0 Å². The van der Waals surface area contributed by atoms with Crippen LogP contribution in [0.5, 0.6) is 5.75 Å². The van der Waals surface area contributed by atoms with Crippen LogP contribution in [0.3, 0.4) is 0 Å². The second-order valence-electron chi connectivity index (χ2n) is 6.54. The van der Waals surface area contributed by atoms with Crippen LogP contribution in [0.25, 0.3) is 0 Å². The standard InChI is InChI=1S/C16H24BNO4/c1-7-18(6)13-10-12(8-9-14(13)20-11-19)17-21-15(2,3)16(4,5)22-17/h8-11H,7H2,1-6H3. The third-order valence-corrected chi connectivity index (χ3v) is 4.57. The molecule has 0 amide bonds. The van der Waals surface area contributed by atoms with Crippen molar-refractivity contribution in [1.29, 1.82) is 0 Å². The van der Waals surface area contributed by atoms with E-state index in [0.717, 1.165) is 17.7 Å². The molecule has 1 saturated heterocycles. The molecule has 120 valence electrons. The number of carbonyl (C=O) groups is 1. The zero-order chi connectivity index (χ0) is 16.5. The Morgan fingerprint density at radius 2 is 1.82 bits per heavy atom. The van der Waals surface area contributed by atoms with E-state index >= 15 is 0 Å². The van der Waals surface area contributed by atoms with E-state index in [0.29, 0.717) is 12.2 Å². The number of carbonyl (C=O) groups excluding carboxylic acids is 1. The van der Waals surface area contributed by atoms with Crippen molar-refractivity contribution in [2.45, 2.75) is 45.8 Å². The highest BCUT2D eigenvalue weighted by atomic mass is 16.7. The molecule has 0 aromatic heterocycles. The number of benzene rings is 1. The number of anilines is 1. The lowest BCUT2D eigenvalue weighted by atomic mass is 9.79. The highest BCUT2D eigenvalue weighted by molar-refractivity contribution is 6.62. The van der Waals surface area contributed by atoms with Crippen LogP contribution in [-0.2, 0) is 14.1 Å². The van der Waals surface area contributed by atoms with Gasteiger partial charge >= 0.3 is 7.12 Å². The lowest BCUT2D eigenvalue weighted by Gasteiger charge is -2.32. The van der Waals surface area contributed by atoms with Crippen LogP contribution in [0.4, 0.5) is 5.69 Å². The molecule has 22 heavy (non-hydrogen) atoms. The van der Waals surface area contributed by atoms with E-state index in [1.807, 2.05) is 58.7 Å². The zero-order valence-corrected chi connectivity index (χ0v) is 14.2. The van der Waals surface area contributed by atoms with Crippen molar-refractivity contribution >= 4 is 24.7 Å². The van der Waals surface area contributed by atoms with Crippen molar-refractivity contribution in [1.82, 2.24) is 0 Å². The first-order chi connectivity index (χ1) is 10.2. The largest absolute Gasteiger partial charge is 0.494 e. The van der Waals surface area contributed by atoms with Gasteiger partial charge < -0.3 is 18.9 Å². The Morgan fingerprint density at radius 1 is 1.23 bits per heavy atom. The number of ether oxygens (including phenoxy) is 1. The summed E-state index contributed by atoms with van der Waals surface area (Å²) in [6, 6.07) is 5.59. The molecule has 0 aliphatic carbocycles. The van der Waals surface area contributed by atoms with Crippen LogP contribution in [0.1, 0.15) is 34.6 Å². The summed E-state index contributed by atoms with van der Waals surface area (Å²) in [6.07, 6.45) is 0. The molecular weight excluding hydrogens is 281 g/mol. The number of nitrogens with zero attached hydrogens (tertiary/aromatic N) is 1. The van der Waals surface area contributed by atoms with E-state index in [9.17, 15) is 4.79 Å². The van der Waals surface area contributed by atoms with E-state index < -0.39 is 7.12 Å². The van der Waals surface area contributed by atoms with Gasteiger partial charge in [0.1, 0.15) is 0 Å². The fourth-order valence-electron chi connectivity index (χ4n) is 2.28. The molecule has 1 aromatic carbocycles. The number of hydrogen-bond donors (Lipinski definition) is 0. The fraction of sp³-hybridized carbons (Fsp3) is 0.562. The van der Waals surface area contributed by atoms with E-state index in [-0.39, 0.29) is 11.2 Å². The van der Waals surface area contributed by atoms with Gasteiger partial charge in [-0.25, -0.2) is 0 Å². The Morgan fingerprint density at radius 3 is 2.32 bits per heavy atom. The SMILES string of the molecule is CCN(C)c1cc(B2OC(C)(C)C(C)(C)O2)ccc1OC=O. The summed E-state index contributed by atoms with van der Waals surface area (Å²) in [5.41, 5.74) is 0.979. The summed E-state index contributed by atoms with van der Waals surface area (Å²) < 4.78 is 17.2. The maximum absolute atomic E-state index is 10.7. The monoisotopic (exact) mass is 305 g/mol. The molecule has 1 heterocycles. The molecular formula is C16H24BNO4. The molecule has 1 aromatic rings. The summed E-state index contributed by atoms with van der Waals surface area (Å²) in [7, 11) is 1.51. The van der Waals surface area contributed by atoms with Crippen LogP contribution in [0, 0.1) is 0 Å². The van der Waals surface area contributed by atoms with Crippen molar-refractivity contribution in [2.24, 2.45) is 0 Å². The van der Waals surface area contributed by atoms with Crippen LogP contribution >= 0.6 is 0 Å². The summed E-state index contributed by atoms with van der Waals surface area (Å²) in [5.74, 6) is 0.527. The van der Waals surface area contributed by atoms with Crippen molar-refractivity contribution in [2.75, 3.05) is 18.5 Å². The molecule has 0 spiro atoms. The summed E-state index contributed by atoms with van der Waals surface area (Å²) in [6.45, 7) is 11.4. The number of rotatable bonds is 5. The van der Waals surface area contributed by atoms with Crippen LogP contribution in [0.15, 0.2) is 18.2 Å². The molecule has 1 aliphatic heterocycles. The molecule has 5 nitrogen and oxygen atoms in total. The molecule has 0 atom stereocenters. The molecule has 0 saturated carbocycles. The Balaban J connectivity index is 2.35. The van der Waals surface area contributed by atoms with Crippen molar-refractivity contribution in [3.05, 3.63) is 18.2 Å². The summed E-state index contributed by atoms with van der Waals surface area (Å²) >= 11 is 0. The summed E-state index contributed by atoms with van der Waals surface area (Å²) in [5, 5.41) is 0. The molecule has 0 unspecified atom stereocenters. The fourth-order valence-corrected chi connectivity index (χ4v) is 2.28. The molecule has 1 fully saturated rings. The predicted octanol–water partition coefficient (Wildman–Crippen LogP) is 1.98.